The number of pyridine rings is 1. The van der Waals surface area contributed by atoms with Crippen LogP contribution in [0, 0.1) is 5.82 Å². The molecule has 0 spiro atoms. The van der Waals surface area contributed by atoms with Crippen molar-refractivity contribution in [2.75, 3.05) is 38.5 Å². The van der Waals surface area contributed by atoms with Gasteiger partial charge < -0.3 is 10.2 Å². The first kappa shape index (κ1) is 13.3. The summed E-state index contributed by atoms with van der Waals surface area (Å²) >= 11 is 0. The Bertz CT molecular complexity index is 522. The van der Waals surface area contributed by atoms with Crippen LogP contribution in [0.15, 0.2) is 12.3 Å². The third-order valence-electron chi connectivity index (χ3n) is 4.20. The number of nitrogens with zero attached hydrogens (tertiary/aromatic N) is 3. The Morgan fingerprint density at radius 3 is 3.10 bits per heavy atom. The summed E-state index contributed by atoms with van der Waals surface area (Å²) in [7, 11) is 1.69. The Hall–Kier alpha value is -1.69. The minimum absolute atomic E-state index is 0.132. The molecule has 0 saturated carbocycles. The van der Waals surface area contributed by atoms with E-state index in [1.54, 1.807) is 7.05 Å². The number of carbonyl (C=O) groups is 1. The molecule has 3 heterocycles. The van der Waals surface area contributed by atoms with Crippen molar-refractivity contribution in [3.05, 3.63) is 23.6 Å². The van der Waals surface area contributed by atoms with Crippen molar-refractivity contribution in [2.45, 2.75) is 18.9 Å². The summed E-state index contributed by atoms with van der Waals surface area (Å²) < 4.78 is 13.4. The van der Waals surface area contributed by atoms with Crippen molar-refractivity contribution in [2.24, 2.45) is 0 Å². The van der Waals surface area contributed by atoms with Crippen LogP contribution < -0.4 is 5.32 Å². The van der Waals surface area contributed by atoms with Gasteiger partial charge in [0.15, 0.2) is 0 Å². The number of hydrogen-bond donors (Lipinski definition) is 1. The molecule has 5 nitrogen and oxygen atoms in total. The molecule has 2 saturated heterocycles. The van der Waals surface area contributed by atoms with Crippen LogP contribution in [0.2, 0.25) is 0 Å². The highest BCUT2D eigenvalue weighted by Gasteiger charge is 2.33. The van der Waals surface area contributed by atoms with Gasteiger partial charge in [0.1, 0.15) is 11.6 Å². The van der Waals surface area contributed by atoms with Crippen LogP contribution in [0.5, 0.6) is 0 Å². The van der Waals surface area contributed by atoms with Crippen LogP contribution in [0.1, 0.15) is 23.2 Å². The van der Waals surface area contributed by atoms with E-state index >= 15 is 0 Å². The number of halogens is 1. The number of fused-ring (bicyclic) bond motifs is 1. The molecule has 1 amide bonds. The zero-order chi connectivity index (χ0) is 14.1. The Labute approximate surface area is 117 Å². The van der Waals surface area contributed by atoms with E-state index in [4.69, 9.17) is 0 Å². The fraction of sp³-hybridized carbons (Fsp3) is 0.571. The molecule has 6 heteroatoms. The number of carbonyl (C=O) groups excluding carboxylic acids is 1. The van der Waals surface area contributed by atoms with Crippen LogP contribution in [0.4, 0.5) is 10.2 Å². The third kappa shape index (κ3) is 2.35. The van der Waals surface area contributed by atoms with Gasteiger partial charge in [0.25, 0.3) is 5.91 Å². The molecule has 2 aliphatic rings. The van der Waals surface area contributed by atoms with Gasteiger partial charge in [-0.15, -0.1) is 0 Å². The molecule has 2 fully saturated rings. The minimum atomic E-state index is -0.480. The highest BCUT2D eigenvalue weighted by Crippen LogP contribution is 2.24. The molecule has 1 atom stereocenters. The standard InChI is InChI=1S/C14H19FN4O/c1-16-13-12(7-10(15)8-17-13)14(20)19-6-5-18-4-2-3-11(18)9-19/h7-8,11H,2-6,9H2,1H3,(H,16,17). The molecular formula is C14H19FN4O. The second kappa shape index (κ2) is 5.36. The zero-order valence-corrected chi connectivity index (χ0v) is 11.6. The Kier molecular flexibility index (Phi) is 3.56. The summed E-state index contributed by atoms with van der Waals surface area (Å²) in [5.74, 6) is -0.176. The topological polar surface area (TPSA) is 48.5 Å². The van der Waals surface area contributed by atoms with Crippen molar-refractivity contribution in [3.8, 4) is 0 Å². The average Bonchev–Trinajstić information content (AvgIpc) is 2.93. The average molecular weight is 278 g/mol. The molecule has 0 radical (unpaired) electrons. The number of aromatic nitrogens is 1. The molecule has 2 aliphatic heterocycles. The lowest BCUT2D eigenvalue weighted by molar-refractivity contribution is 0.0571. The Balaban J connectivity index is 1.80. The fourth-order valence-corrected chi connectivity index (χ4v) is 3.15. The Morgan fingerprint density at radius 1 is 1.45 bits per heavy atom. The number of amides is 1. The van der Waals surface area contributed by atoms with Crippen LogP contribution in [0.3, 0.4) is 0 Å². The van der Waals surface area contributed by atoms with Crippen LogP contribution in [0.25, 0.3) is 0 Å². The largest absolute Gasteiger partial charge is 0.372 e. The maximum Gasteiger partial charge on any atom is 0.257 e. The lowest BCUT2D eigenvalue weighted by atomic mass is 10.1. The van der Waals surface area contributed by atoms with E-state index in [2.05, 4.69) is 15.2 Å². The predicted octanol–water partition coefficient (Wildman–Crippen LogP) is 1.18. The maximum absolute atomic E-state index is 13.4. The molecule has 1 aromatic heterocycles. The second-order valence-electron chi connectivity index (χ2n) is 5.38. The quantitative estimate of drug-likeness (QED) is 0.882. The second-order valence-corrected chi connectivity index (χ2v) is 5.38. The molecule has 1 unspecified atom stereocenters. The monoisotopic (exact) mass is 278 g/mol. The summed E-state index contributed by atoms with van der Waals surface area (Å²) in [6, 6.07) is 1.73. The molecular weight excluding hydrogens is 259 g/mol. The van der Waals surface area contributed by atoms with E-state index in [9.17, 15) is 9.18 Å². The van der Waals surface area contributed by atoms with Gasteiger partial charge in [-0.2, -0.15) is 0 Å². The smallest absolute Gasteiger partial charge is 0.257 e. The first-order valence-electron chi connectivity index (χ1n) is 7.05. The highest BCUT2D eigenvalue weighted by atomic mass is 19.1. The summed E-state index contributed by atoms with van der Waals surface area (Å²) in [4.78, 5) is 20.8. The first-order chi connectivity index (χ1) is 9.69. The van der Waals surface area contributed by atoms with Gasteiger partial charge in [0.2, 0.25) is 0 Å². The van der Waals surface area contributed by atoms with Crippen LogP contribution in [-0.2, 0) is 0 Å². The van der Waals surface area contributed by atoms with E-state index in [1.165, 1.54) is 12.5 Å². The lowest BCUT2D eigenvalue weighted by Gasteiger charge is -2.37. The van der Waals surface area contributed by atoms with E-state index in [1.807, 2.05) is 4.90 Å². The van der Waals surface area contributed by atoms with Gasteiger partial charge >= 0.3 is 0 Å². The van der Waals surface area contributed by atoms with E-state index in [-0.39, 0.29) is 5.91 Å². The fourth-order valence-electron chi connectivity index (χ4n) is 3.15. The highest BCUT2D eigenvalue weighted by molar-refractivity contribution is 5.98. The van der Waals surface area contributed by atoms with Crippen molar-refractivity contribution >= 4 is 11.7 Å². The van der Waals surface area contributed by atoms with Crippen molar-refractivity contribution in [1.82, 2.24) is 14.8 Å². The summed E-state index contributed by atoms with van der Waals surface area (Å²) in [6.45, 7) is 3.48. The number of hydrogen-bond acceptors (Lipinski definition) is 4. The van der Waals surface area contributed by atoms with Gasteiger partial charge in [-0.1, -0.05) is 0 Å². The van der Waals surface area contributed by atoms with Gasteiger partial charge in [0.05, 0.1) is 11.8 Å². The maximum atomic E-state index is 13.4. The van der Waals surface area contributed by atoms with Crippen LogP contribution >= 0.6 is 0 Å². The van der Waals surface area contributed by atoms with E-state index in [0.717, 1.165) is 32.3 Å². The number of piperazine rings is 1. The number of anilines is 1. The van der Waals surface area contributed by atoms with Gasteiger partial charge in [-0.25, -0.2) is 9.37 Å². The molecule has 1 aromatic rings. The summed E-state index contributed by atoms with van der Waals surface area (Å²) in [6.07, 6.45) is 3.47. The van der Waals surface area contributed by atoms with Crippen molar-refractivity contribution < 1.29 is 9.18 Å². The number of rotatable bonds is 2. The Morgan fingerprint density at radius 2 is 2.30 bits per heavy atom. The zero-order valence-electron chi connectivity index (χ0n) is 11.6. The molecule has 108 valence electrons. The van der Waals surface area contributed by atoms with E-state index in [0.29, 0.717) is 24.0 Å². The van der Waals surface area contributed by atoms with Gasteiger partial charge in [-0.3, -0.25) is 9.69 Å². The molecule has 20 heavy (non-hydrogen) atoms. The molecule has 3 rings (SSSR count). The van der Waals surface area contributed by atoms with Crippen molar-refractivity contribution in [1.29, 1.82) is 0 Å². The third-order valence-corrected chi connectivity index (χ3v) is 4.20. The normalized spacial score (nSPS) is 22.7. The molecule has 0 bridgehead atoms. The van der Waals surface area contributed by atoms with Crippen LogP contribution in [-0.4, -0.2) is 60.0 Å². The SMILES string of the molecule is CNc1ncc(F)cc1C(=O)N1CCN2CCCC2C1. The van der Waals surface area contributed by atoms with Gasteiger partial charge in [-0.05, 0) is 25.5 Å². The molecule has 0 aromatic carbocycles. The minimum Gasteiger partial charge on any atom is -0.372 e. The molecule has 0 aliphatic carbocycles. The summed E-state index contributed by atoms with van der Waals surface area (Å²) in [5.41, 5.74) is 0.318. The van der Waals surface area contributed by atoms with Crippen molar-refractivity contribution in [3.63, 3.8) is 0 Å². The first-order valence-corrected chi connectivity index (χ1v) is 7.05. The number of nitrogens with one attached hydrogen (secondary N) is 1. The predicted molar refractivity (Wildman–Crippen MR) is 74.2 cm³/mol. The lowest BCUT2D eigenvalue weighted by Crippen LogP contribution is -2.52. The summed E-state index contributed by atoms with van der Waals surface area (Å²) in [5, 5.41) is 2.85. The van der Waals surface area contributed by atoms with E-state index < -0.39 is 5.82 Å². The van der Waals surface area contributed by atoms with Gasteiger partial charge in [0, 0.05) is 32.7 Å². The molecule has 1 N–H and O–H groups in total.